The molecule has 1 atom stereocenters. The van der Waals surface area contributed by atoms with Crippen molar-refractivity contribution in [2.75, 3.05) is 7.11 Å². The molecule has 0 heterocycles. The van der Waals surface area contributed by atoms with Crippen molar-refractivity contribution in [3.8, 4) is 5.75 Å². The number of hydrogen-bond acceptors (Lipinski definition) is 2. The molecular weight excluding hydrogens is 238 g/mol. The monoisotopic (exact) mass is 259 g/mol. The number of para-hydroxylation sites is 1. The van der Waals surface area contributed by atoms with Crippen LogP contribution in [0.4, 0.5) is 0 Å². The minimum Gasteiger partial charge on any atom is -0.496 e. The highest BCUT2D eigenvalue weighted by Gasteiger charge is 2.14. The van der Waals surface area contributed by atoms with Gasteiger partial charge in [0.05, 0.1) is 13.2 Å². The quantitative estimate of drug-likeness (QED) is 0.628. The van der Waals surface area contributed by atoms with Crippen LogP contribution in [0.15, 0.2) is 48.6 Å². The first kappa shape index (κ1) is 15.0. The Bertz CT molecular complexity index is 464. The van der Waals surface area contributed by atoms with Crippen molar-refractivity contribution >= 4 is 5.91 Å². The molecule has 1 unspecified atom stereocenters. The molecule has 1 amide bonds. The van der Waals surface area contributed by atoms with Crippen LogP contribution in [0.5, 0.6) is 5.75 Å². The molecule has 0 aromatic heterocycles. The van der Waals surface area contributed by atoms with Gasteiger partial charge >= 0.3 is 0 Å². The number of amides is 1. The van der Waals surface area contributed by atoms with Crippen LogP contribution in [0.3, 0.4) is 0 Å². The maximum absolute atomic E-state index is 11.8. The van der Waals surface area contributed by atoms with Crippen LogP contribution in [0.1, 0.15) is 31.9 Å². The molecule has 19 heavy (non-hydrogen) atoms. The van der Waals surface area contributed by atoms with Crippen molar-refractivity contribution in [1.82, 2.24) is 5.32 Å². The summed E-state index contributed by atoms with van der Waals surface area (Å²) in [5.41, 5.74) is 1.00. The van der Waals surface area contributed by atoms with E-state index in [1.165, 1.54) is 6.08 Å². The lowest BCUT2D eigenvalue weighted by Crippen LogP contribution is -2.26. The van der Waals surface area contributed by atoms with Gasteiger partial charge in [0.2, 0.25) is 5.91 Å². The van der Waals surface area contributed by atoms with Crippen LogP contribution in [0.25, 0.3) is 0 Å². The molecule has 0 radical (unpaired) electrons. The largest absolute Gasteiger partial charge is 0.496 e. The summed E-state index contributed by atoms with van der Waals surface area (Å²) in [6.45, 7) is 3.94. The summed E-state index contributed by atoms with van der Waals surface area (Å²) in [7, 11) is 1.64. The molecule has 0 aliphatic heterocycles. The molecule has 1 N–H and O–H groups in total. The van der Waals surface area contributed by atoms with Gasteiger partial charge in [0.25, 0.3) is 0 Å². The molecule has 0 saturated heterocycles. The van der Waals surface area contributed by atoms with Gasteiger partial charge in [-0.05, 0) is 19.4 Å². The molecule has 1 aromatic carbocycles. The number of benzene rings is 1. The van der Waals surface area contributed by atoms with Crippen molar-refractivity contribution in [3.05, 3.63) is 54.1 Å². The summed E-state index contributed by atoms with van der Waals surface area (Å²) >= 11 is 0. The second-order valence-corrected chi connectivity index (χ2v) is 4.10. The number of methoxy groups -OCH3 is 1. The summed E-state index contributed by atoms with van der Waals surface area (Å²) in [6, 6.07) is 7.70. The number of ether oxygens (including phenoxy) is 1. The highest BCUT2D eigenvalue weighted by atomic mass is 16.5. The zero-order valence-electron chi connectivity index (χ0n) is 11.7. The summed E-state index contributed by atoms with van der Waals surface area (Å²) in [5, 5.41) is 2.98. The molecule has 1 aromatic rings. The van der Waals surface area contributed by atoms with Crippen LogP contribution < -0.4 is 10.1 Å². The molecule has 3 nitrogen and oxygen atoms in total. The Labute approximate surface area is 115 Å². The first-order chi connectivity index (χ1) is 9.22. The van der Waals surface area contributed by atoms with E-state index in [0.29, 0.717) is 0 Å². The SMILES string of the molecule is C/C=C/C=C/C(=O)NC(CC)c1ccccc1OC. The highest BCUT2D eigenvalue weighted by Crippen LogP contribution is 2.26. The van der Waals surface area contributed by atoms with E-state index in [1.54, 1.807) is 13.2 Å². The van der Waals surface area contributed by atoms with Gasteiger partial charge in [-0.1, -0.05) is 43.4 Å². The van der Waals surface area contributed by atoms with E-state index in [4.69, 9.17) is 4.74 Å². The fraction of sp³-hybridized carbons (Fsp3) is 0.312. The Morgan fingerprint density at radius 2 is 2.11 bits per heavy atom. The topological polar surface area (TPSA) is 38.3 Å². The molecular formula is C16H21NO2. The third-order valence-electron chi connectivity index (χ3n) is 2.79. The number of hydrogen-bond donors (Lipinski definition) is 1. The van der Waals surface area contributed by atoms with Crippen LogP contribution in [-0.2, 0) is 4.79 Å². The predicted molar refractivity (Wildman–Crippen MR) is 78.1 cm³/mol. The average Bonchev–Trinajstić information content (AvgIpc) is 2.45. The van der Waals surface area contributed by atoms with Crippen LogP contribution in [-0.4, -0.2) is 13.0 Å². The Balaban J connectivity index is 2.80. The second kappa shape index (κ2) is 8.14. The highest BCUT2D eigenvalue weighted by molar-refractivity contribution is 5.88. The van der Waals surface area contributed by atoms with Crippen molar-refractivity contribution in [3.63, 3.8) is 0 Å². The number of carbonyl (C=O) groups excluding carboxylic acids is 1. The molecule has 0 bridgehead atoms. The lowest BCUT2D eigenvalue weighted by molar-refractivity contribution is -0.117. The van der Waals surface area contributed by atoms with E-state index < -0.39 is 0 Å². The molecule has 102 valence electrons. The Kier molecular flexibility index (Phi) is 6.44. The number of allylic oxidation sites excluding steroid dienone is 3. The van der Waals surface area contributed by atoms with Gasteiger partial charge < -0.3 is 10.1 Å². The van der Waals surface area contributed by atoms with Gasteiger partial charge in [0.15, 0.2) is 0 Å². The van der Waals surface area contributed by atoms with Crippen LogP contribution in [0.2, 0.25) is 0 Å². The van der Waals surface area contributed by atoms with E-state index in [1.807, 2.05) is 50.3 Å². The second-order valence-electron chi connectivity index (χ2n) is 4.10. The van der Waals surface area contributed by atoms with E-state index >= 15 is 0 Å². The lowest BCUT2D eigenvalue weighted by Gasteiger charge is -2.19. The third-order valence-corrected chi connectivity index (χ3v) is 2.79. The summed E-state index contributed by atoms with van der Waals surface area (Å²) in [4.78, 5) is 11.8. The maximum Gasteiger partial charge on any atom is 0.244 e. The molecule has 3 heteroatoms. The number of carbonyl (C=O) groups is 1. The molecule has 0 saturated carbocycles. The van der Waals surface area contributed by atoms with Gasteiger partial charge in [-0.3, -0.25) is 4.79 Å². The van der Waals surface area contributed by atoms with E-state index in [2.05, 4.69) is 5.32 Å². The van der Waals surface area contributed by atoms with Gasteiger partial charge in [-0.25, -0.2) is 0 Å². The summed E-state index contributed by atoms with van der Waals surface area (Å²) in [6.07, 6.45) is 7.76. The van der Waals surface area contributed by atoms with Crippen LogP contribution >= 0.6 is 0 Å². The molecule has 1 rings (SSSR count). The van der Waals surface area contributed by atoms with E-state index in [9.17, 15) is 4.79 Å². The number of nitrogens with one attached hydrogen (secondary N) is 1. The average molecular weight is 259 g/mol. The van der Waals surface area contributed by atoms with Crippen molar-refractivity contribution < 1.29 is 9.53 Å². The van der Waals surface area contributed by atoms with Crippen molar-refractivity contribution in [1.29, 1.82) is 0 Å². The molecule has 0 aliphatic carbocycles. The zero-order valence-corrected chi connectivity index (χ0v) is 11.7. The standard InChI is InChI=1S/C16H21NO2/c1-4-6-7-12-16(18)17-14(5-2)13-10-8-9-11-15(13)19-3/h4,6-12,14H,5H2,1-3H3,(H,17,18)/b6-4+,12-7+. The normalized spacial score (nSPS) is 12.8. The van der Waals surface area contributed by atoms with Gasteiger partial charge in [0.1, 0.15) is 5.75 Å². The van der Waals surface area contributed by atoms with Gasteiger partial charge in [-0.2, -0.15) is 0 Å². The predicted octanol–water partition coefficient (Wildman–Crippen LogP) is 3.39. The van der Waals surface area contributed by atoms with Crippen LogP contribution in [0, 0.1) is 0 Å². The fourth-order valence-electron chi connectivity index (χ4n) is 1.83. The molecule has 0 aliphatic rings. The summed E-state index contributed by atoms with van der Waals surface area (Å²) in [5.74, 6) is 0.697. The number of rotatable bonds is 6. The zero-order chi connectivity index (χ0) is 14.1. The molecule has 0 spiro atoms. The minimum atomic E-state index is -0.101. The van der Waals surface area contributed by atoms with Gasteiger partial charge in [0, 0.05) is 11.6 Å². The summed E-state index contributed by atoms with van der Waals surface area (Å²) < 4.78 is 5.33. The first-order valence-electron chi connectivity index (χ1n) is 6.45. The van der Waals surface area contributed by atoms with E-state index in [-0.39, 0.29) is 11.9 Å². The van der Waals surface area contributed by atoms with E-state index in [0.717, 1.165) is 17.7 Å². The Hall–Kier alpha value is -2.03. The van der Waals surface area contributed by atoms with Crippen molar-refractivity contribution in [2.24, 2.45) is 0 Å². The first-order valence-corrected chi connectivity index (χ1v) is 6.45. The smallest absolute Gasteiger partial charge is 0.244 e. The third kappa shape index (κ3) is 4.62. The maximum atomic E-state index is 11.8. The Morgan fingerprint density at radius 3 is 2.74 bits per heavy atom. The van der Waals surface area contributed by atoms with Gasteiger partial charge in [-0.15, -0.1) is 0 Å². The van der Waals surface area contributed by atoms with Crippen molar-refractivity contribution in [2.45, 2.75) is 26.3 Å². The minimum absolute atomic E-state index is 0.0427. The molecule has 0 fully saturated rings. The lowest BCUT2D eigenvalue weighted by atomic mass is 10.0. The Morgan fingerprint density at radius 1 is 1.37 bits per heavy atom. The fourth-order valence-corrected chi connectivity index (χ4v) is 1.83.